The van der Waals surface area contributed by atoms with E-state index in [4.69, 9.17) is 14.4 Å². The number of aromatic nitrogens is 4. The molecule has 0 amide bonds. The molecule has 0 aliphatic heterocycles. The van der Waals surface area contributed by atoms with Crippen LogP contribution in [0, 0.1) is 20.8 Å². The zero-order chi connectivity index (χ0) is 32.4. The molecule has 48 heavy (non-hydrogen) atoms. The van der Waals surface area contributed by atoms with Crippen molar-refractivity contribution in [2.75, 3.05) is 0 Å². The summed E-state index contributed by atoms with van der Waals surface area (Å²) in [5.41, 5.74) is 13.6. The lowest BCUT2D eigenvalue weighted by molar-refractivity contribution is 0.581. The molecule has 230 valence electrons. The minimum Gasteiger partial charge on any atom is -0.463 e. The van der Waals surface area contributed by atoms with Gasteiger partial charge in [-0.25, -0.2) is 9.97 Å². The first-order valence-corrected chi connectivity index (χ1v) is 16.2. The van der Waals surface area contributed by atoms with Crippen LogP contribution in [0.15, 0.2) is 144 Å². The van der Waals surface area contributed by atoms with Crippen LogP contribution in [0.5, 0.6) is 0 Å². The van der Waals surface area contributed by atoms with Crippen molar-refractivity contribution in [1.82, 2.24) is 18.8 Å². The molecule has 0 spiro atoms. The monoisotopic (exact) mass is 620 g/mol. The van der Waals surface area contributed by atoms with Crippen molar-refractivity contribution in [1.29, 1.82) is 0 Å². The maximum absolute atomic E-state index is 5.65. The van der Waals surface area contributed by atoms with E-state index < -0.39 is 0 Å². The van der Waals surface area contributed by atoms with Crippen molar-refractivity contribution in [2.45, 2.75) is 20.8 Å². The Morgan fingerprint density at radius 3 is 1.60 bits per heavy atom. The number of pyridine rings is 4. The van der Waals surface area contributed by atoms with Crippen molar-refractivity contribution in [3.05, 3.63) is 157 Å². The third-order valence-corrected chi connectivity index (χ3v) is 9.43. The molecule has 10 rings (SSSR count). The Morgan fingerprint density at radius 1 is 0.500 bits per heavy atom. The van der Waals surface area contributed by atoms with Gasteiger partial charge < -0.3 is 13.2 Å². The summed E-state index contributed by atoms with van der Waals surface area (Å²) in [6, 6.07) is 42.2. The second-order valence-electron chi connectivity index (χ2n) is 12.5. The van der Waals surface area contributed by atoms with Crippen LogP contribution < -0.4 is 0 Å². The fourth-order valence-corrected chi connectivity index (χ4v) is 7.02. The Kier molecular flexibility index (Phi) is 6.40. The van der Waals surface area contributed by atoms with Crippen LogP contribution in [0.3, 0.4) is 0 Å². The van der Waals surface area contributed by atoms with Crippen LogP contribution in [0.25, 0.3) is 77.4 Å². The first kappa shape index (κ1) is 28.1. The molecular weight excluding hydrogens is 589 g/mol. The van der Waals surface area contributed by atoms with Gasteiger partial charge in [0.15, 0.2) is 5.76 Å². The summed E-state index contributed by atoms with van der Waals surface area (Å²) in [4.78, 5) is 9.92. The lowest BCUT2D eigenvalue weighted by atomic mass is 10.0. The molecule has 0 aliphatic rings. The number of rotatable bonds is 2. The smallest absolute Gasteiger partial charge is 0.154 e. The lowest BCUT2D eigenvalue weighted by Gasteiger charge is -2.09. The maximum Gasteiger partial charge on any atom is 0.154 e. The SMILES string of the molecule is Cc1ccc(-c2nc3ccccc3c3cc4c(C)cccn4c23)cc1.Cc1cccn2c1cc1c3ccccc3nc(-c3ccco3)c12. The van der Waals surface area contributed by atoms with E-state index in [2.05, 4.69) is 145 Å². The molecule has 0 radical (unpaired) electrons. The lowest BCUT2D eigenvalue weighted by Crippen LogP contribution is -1.92. The number of para-hydroxylation sites is 2. The topological polar surface area (TPSA) is 47.7 Å². The molecule has 0 saturated heterocycles. The third-order valence-electron chi connectivity index (χ3n) is 9.43. The van der Waals surface area contributed by atoms with Crippen molar-refractivity contribution < 1.29 is 4.42 Å². The van der Waals surface area contributed by atoms with Gasteiger partial charge >= 0.3 is 0 Å². The Hall–Kier alpha value is -6.20. The highest BCUT2D eigenvalue weighted by Crippen LogP contribution is 2.37. The molecule has 0 unspecified atom stereocenters. The zero-order valence-corrected chi connectivity index (χ0v) is 27.0. The molecule has 10 aromatic rings. The number of benzene rings is 3. The van der Waals surface area contributed by atoms with Gasteiger partial charge in [0, 0.05) is 50.5 Å². The van der Waals surface area contributed by atoms with Crippen molar-refractivity contribution in [3.63, 3.8) is 0 Å². The zero-order valence-electron chi connectivity index (χ0n) is 27.0. The highest BCUT2D eigenvalue weighted by Gasteiger charge is 2.18. The highest BCUT2D eigenvalue weighted by atomic mass is 16.3. The molecule has 0 aliphatic carbocycles. The Balaban J connectivity index is 0.000000131. The number of hydrogen-bond acceptors (Lipinski definition) is 3. The fraction of sp³-hybridized carbons (Fsp3) is 0.0698. The minimum atomic E-state index is 0.794. The molecule has 0 atom stereocenters. The van der Waals surface area contributed by atoms with Gasteiger partial charge in [-0.2, -0.15) is 0 Å². The van der Waals surface area contributed by atoms with E-state index in [1.54, 1.807) is 6.26 Å². The molecule has 3 aromatic carbocycles. The van der Waals surface area contributed by atoms with Gasteiger partial charge in [-0.1, -0.05) is 78.4 Å². The first-order chi connectivity index (χ1) is 23.5. The summed E-state index contributed by atoms with van der Waals surface area (Å²) in [6.45, 7) is 6.41. The second kappa shape index (κ2) is 11.0. The first-order valence-electron chi connectivity index (χ1n) is 16.2. The summed E-state index contributed by atoms with van der Waals surface area (Å²) in [5.74, 6) is 0.794. The van der Waals surface area contributed by atoms with Crippen LogP contribution in [0.2, 0.25) is 0 Å². The summed E-state index contributed by atoms with van der Waals surface area (Å²) in [5, 5.41) is 4.84. The standard InChI is InChI=1S/C23H18N2.C20H14N2O/c1-15-9-11-17(12-10-15)22-23-19(18-7-3-4-8-20(18)24-22)14-21-16(2)6-5-13-25(21)23;1-13-6-4-10-22-17(13)12-15-14-7-2-3-8-16(14)21-19(20(15)22)18-9-5-11-23-18/h3-14H,1-2H3;2-12H,1H3. The molecule has 0 N–H and O–H groups in total. The van der Waals surface area contributed by atoms with Crippen LogP contribution in [0.1, 0.15) is 16.7 Å². The molecule has 7 heterocycles. The van der Waals surface area contributed by atoms with Gasteiger partial charge in [-0.3, -0.25) is 0 Å². The molecule has 5 heteroatoms. The molecule has 0 saturated carbocycles. The van der Waals surface area contributed by atoms with Crippen molar-refractivity contribution in [3.8, 4) is 22.7 Å². The summed E-state index contributed by atoms with van der Waals surface area (Å²) in [7, 11) is 0. The average molecular weight is 621 g/mol. The van der Waals surface area contributed by atoms with Crippen LogP contribution >= 0.6 is 0 Å². The Morgan fingerprint density at radius 2 is 1.04 bits per heavy atom. The predicted octanol–water partition coefficient (Wildman–Crippen LogP) is 11.1. The van der Waals surface area contributed by atoms with Crippen molar-refractivity contribution >= 4 is 54.6 Å². The average Bonchev–Trinajstić information content (AvgIpc) is 3.88. The number of furan rings is 1. The van der Waals surface area contributed by atoms with E-state index in [-0.39, 0.29) is 0 Å². The predicted molar refractivity (Wildman–Crippen MR) is 198 cm³/mol. The Bertz CT molecular complexity index is 2800. The number of fused-ring (bicyclic) bond motifs is 10. The summed E-state index contributed by atoms with van der Waals surface area (Å²) >= 11 is 0. The second-order valence-corrected chi connectivity index (χ2v) is 12.5. The van der Waals surface area contributed by atoms with E-state index in [1.165, 1.54) is 54.8 Å². The largest absolute Gasteiger partial charge is 0.463 e. The number of aryl methyl sites for hydroxylation is 3. The molecule has 7 aromatic heterocycles. The van der Waals surface area contributed by atoms with E-state index in [9.17, 15) is 0 Å². The molecule has 5 nitrogen and oxygen atoms in total. The highest BCUT2D eigenvalue weighted by molar-refractivity contribution is 6.13. The van der Waals surface area contributed by atoms with E-state index in [0.717, 1.165) is 39.3 Å². The van der Waals surface area contributed by atoms with Gasteiger partial charge in [0.25, 0.3) is 0 Å². The fourth-order valence-electron chi connectivity index (χ4n) is 7.02. The molecule has 0 fully saturated rings. The normalized spacial score (nSPS) is 11.6. The molecule has 0 bridgehead atoms. The quantitative estimate of drug-likeness (QED) is 0.193. The van der Waals surface area contributed by atoms with E-state index in [1.807, 2.05) is 18.2 Å². The van der Waals surface area contributed by atoms with Gasteiger partial charge in [0.05, 0.1) is 34.0 Å². The van der Waals surface area contributed by atoms with Crippen LogP contribution in [-0.4, -0.2) is 18.8 Å². The Labute approximate surface area is 277 Å². The minimum absolute atomic E-state index is 0.794. The van der Waals surface area contributed by atoms with E-state index >= 15 is 0 Å². The number of nitrogens with zero attached hydrogens (tertiary/aromatic N) is 4. The van der Waals surface area contributed by atoms with Gasteiger partial charge in [-0.15, -0.1) is 0 Å². The summed E-state index contributed by atoms with van der Waals surface area (Å²) in [6.07, 6.45) is 5.92. The van der Waals surface area contributed by atoms with Gasteiger partial charge in [0.1, 0.15) is 5.69 Å². The van der Waals surface area contributed by atoms with Crippen LogP contribution in [-0.2, 0) is 0 Å². The third kappa shape index (κ3) is 4.39. The van der Waals surface area contributed by atoms with E-state index in [0.29, 0.717) is 0 Å². The van der Waals surface area contributed by atoms with Crippen LogP contribution in [0.4, 0.5) is 0 Å². The van der Waals surface area contributed by atoms with Gasteiger partial charge in [0.2, 0.25) is 0 Å². The number of hydrogen-bond donors (Lipinski definition) is 0. The van der Waals surface area contributed by atoms with Gasteiger partial charge in [-0.05, 0) is 80.4 Å². The van der Waals surface area contributed by atoms with Crippen molar-refractivity contribution in [2.24, 2.45) is 0 Å². The summed E-state index contributed by atoms with van der Waals surface area (Å²) < 4.78 is 10.1. The maximum atomic E-state index is 5.65. The molecular formula is C43H32N4O.